The van der Waals surface area contributed by atoms with Gasteiger partial charge in [0.15, 0.2) is 11.5 Å². The van der Waals surface area contributed by atoms with Gasteiger partial charge >= 0.3 is 5.97 Å². The topological polar surface area (TPSA) is 72.6 Å². The first-order valence-corrected chi connectivity index (χ1v) is 5.86. The molecule has 1 heterocycles. The molecule has 0 spiro atoms. The number of aromatic nitrogens is 1. The zero-order chi connectivity index (χ0) is 13.3. The van der Waals surface area contributed by atoms with E-state index in [-0.39, 0.29) is 5.69 Å². The molecule has 0 aliphatic rings. The van der Waals surface area contributed by atoms with Crippen molar-refractivity contribution in [2.24, 2.45) is 0 Å². The summed E-state index contributed by atoms with van der Waals surface area (Å²) in [5.74, 6) is -0.0788. The van der Waals surface area contributed by atoms with Crippen LogP contribution < -0.4 is 4.74 Å². The van der Waals surface area contributed by atoms with Crippen LogP contribution in [-0.4, -0.2) is 23.3 Å². The lowest BCUT2D eigenvalue weighted by molar-refractivity contribution is 0.0686. The fraction of sp³-hybridized carbons (Fsp3) is 0.167. The quantitative estimate of drug-likeness (QED) is 0.942. The Kier molecular flexibility index (Phi) is 3.38. The van der Waals surface area contributed by atoms with Gasteiger partial charge in [0.05, 0.1) is 7.11 Å². The molecule has 0 fully saturated rings. The molecule has 5 nitrogen and oxygen atoms in total. The molecule has 2 rings (SSSR count). The van der Waals surface area contributed by atoms with Crippen LogP contribution in [0.15, 0.2) is 27.2 Å². The fourth-order valence-electron chi connectivity index (χ4n) is 1.53. The van der Waals surface area contributed by atoms with Crippen LogP contribution in [0.5, 0.6) is 5.75 Å². The van der Waals surface area contributed by atoms with E-state index < -0.39 is 5.97 Å². The van der Waals surface area contributed by atoms with Gasteiger partial charge in [0.25, 0.3) is 0 Å². The molecule has 6 heteroatoms. The lowest BCUT2D eigenvalue weighted by Gasteiger charge is -2.07. The van der Waals surface area contributed by atoms with E-state index in [0.717, 1.165) is 15.6 Å². The normalized spacial score (nSPS) is 10.4. The van der Waals surface area contributed by atoms with E-state index in [1.165, 1.54) is 6.07 Å². The summed E-state index contributed by atoms with van der Waals surface area (Å²) in [5, 5.41) is 12.3. The van der Waals surface area contributed by atoms with Gasteiger partial charge in [0.2, 0.25) is 0 Å². The SMILES string of the molecule is COc1cc(Br)c(C)c(-c2cc(C(=O)O)no2)c1. The highest BCUT2D eigenvalue weighted by Gasteiger charge is 2.16. The van der Waals surface area contributed by atoms with Gasteiger partial charge < -0.3 is 14.4 Å². The Hall–Kier alpha value is -1.82. The summed E-state index contributed by atoms with van der Waals surface area (Å²) >= 11 is 3.41. The molecule has 94 valence electrons. The monoisotopic (exact) mass is 311 g/mol. The van der Waals surface area contributed by atoms with E-state index in [0.29, 0.717) is 11.5 Å². The number of methoxy groups -OCH3 is 1. The van der Waals surface area contributed by atoms with Crippen LogP contribution in [0.1, 0.15) is 16.1 Å². The standard InChI is InChI=1S/C12H10BrNO4/c1-6-8(3-7(17-2)4-9(6)13)11-5-10(12(15)16)14-18-11/h3-5H,1-2H3,(H,15,16). The van der Waals surface area contributed by atoms with Crippen LogP contribution in [0.25, 0.3) is 11.3 Å². The number of carboxylic acid groups (broad SMARTS) is 1. The van der Waals surface area contributed by atoms with Crippen molar-refractivity contribution in [1.82, 2.24) is 5.16 Å². The number of carbonyl (C=O) groups is 1. The zero-order valence-corrected chi connectivity index (χ0v) is 11.3. The highest BCUT2D eigenvalue weighted by Crippen LogP contribution is 2.33. The number of rotatable bonds is 3. The molecule has 2 aromatic rings. The van der Waals surface area contributed by atoms with Gasteiger partial charge in [0.1, 0.15) is 5.75 Å². The molecule has 0 bridgehead atoms. The minimum Gasteiger partial charge on any atom is -0.497 e. The third-order valence-electron chi connectivity index (χ3n) is 2.55. The number of hydrogen-bond donors (Lipinski definition) is 1. The Morgan fingerprint density at radius 3 is 2.72 bits per heavy atom. The Balaban J connectivity index is 2.55. The van der Waals surface area contributed by atoms with Crippen molar-refractivity contribution in [3.05, 3.63) is 33.9 Å². The maximum absolute atomic E-state index is 10.8. The van der Waals surface area contributed by atoms with Gasteiger partial charge in [-0.3, -0.25) is 0 Å². The van der Waals surface area contributed by atoms with Crippen LogP contribution in [0.4, 0.5) is 0 Å². The van der Waals surface area contributed by atoms with Crippen LogP contribution in [-0.2, 0) is 0 Å². The molecular weight excluding hydrogens is 302 g/mol. The number of ether oxygens (including phenoxy) is 1. The van der Waals surface area contributed by atoms with Gasteiger partial charge in [-0.05, 0) is 24.6 Å². The van der Waals surface area contributed by atoms with Crippen molar-refractivity contribution < 1.29 is 19.2 Å². The lowest BCUT2D eigenvalue weighted by Crippen LogP contribution is -1.94. The van der Waals surface area contributed by atoms with Gasteiger partial charge in [-0.1, -0.05) is 21.1 Å². The van der Waals surface area contributed by atoms with Crippen molar-refractivity contribution in [2.75, 3.05) is 7.11 Å². The molecule has 1 aromatic carbocycles. The van der Waals surface area contributed by atoms with Gasteiger partial charge in [-0.25, -0.2) is 4.79 Å². The molecule has 0 radical (unpaired) electrons. The first-order valence-electron chi connectivity index (χ1n) is 5.07. The third kappa shape index (κ3) is 2.24. The van der Waals surface area contributed by atoms with E-state index in [1.807, 2.05) is 13.0 Å². The molecule has 1 N–H and O–H groups in total. The third-order valence-corrected chi connectivity index (χ3v) is 3.37. The Morgan fingerprint density at radius 1 is 1.44 bits per heavy atom. The summed E-state index contributed by atoms with van der Waals surface area (Å²) in [4.78, 5) is 10.8. The van der Waals surface area contributed by atoms with E-state index in [9.17, 15) is 4.79 Å². The molecule has 0 amide bonds. The van der Waals surface area contributed by atoms with Crippen LogP contribution in [0.2, 0.25) is 0 Å². The second-order valence-corrected chi connectivity index (χ2v) is 4.52. The minimum atomic E-state index is -1.12. The average molecular weight is 312 g/mol. The Bertz CT molecular complexity index is 606. The summed E-state index contributed by atoms with van der Waals surface area (Å²) in [6.45, 7) is 1.89. The fourth-order valence-corrected chi connectivity index (χ4v) is 1.97. The molecular formula is C12H10BrNO4. The second-order valence-electron chi connectivity index (χ2n) is 3.66. The first kappa shape index (κ1) is 12.6. The highest BCUT2D eigenvalue weighted by atomic mass is 79.9. The number of nitrogens with zero attached hydrogens (tertiary/aromatic N) is 1. The van der Waals surface area contributed by atoms with Crippen molar-refractivity contribution in [1.29, 1.82) is 0 Å². The molecule has 0 saturated carbocycles. The molecule has 0 unspecified atom stereocenters. The van der Waals surface area contributed by atoms with Gasteiger partial charge in [0, 0.05) is 16.1 Å². The van der Waals surface area contributed by atoms with Crippen LogP contribution in [0, 0.1) is 6.92 Å². The minimum absolute atomic E-state index is 0.122. The number of halogens is 1. The van der Waals surface area contributed by atoms with E-state index in [1.54, 1.807) is 13.2 Å². The molecule has 0 aliphatic carbocycles. The van der Waals surface area contributed by atoms with Crippen molar-refractivity contribution >= 4 is 21.9 Å². The molecule has 1 aromatic heterocycles. The summed E-state index contributed by atoms with van der Waals surface area (Å²) in [6.07, 6.45) is 0. The number of benzene rings is 1. The summed E-state index contributed by atoms with van der Waals surface area (Å²) < 4.78 is 11.1. The van der Waals surface area contributed by atoms with Crippen molar-refractivity contribution in [3.8, 4) is 17.1 Å². The van der Waals surface area contributed by atoms with Crippen LogP contribution in [0.3, 0.4) is 0 Å². The van der Waals surface area contributed by atoms with Gasteiger partial charge in [-0.15, -0.1) is 0 Å². The van der Waals surface area contributed by atoms with Crippen molar-refractivity contribution in [2.45, 2.75) is 6.92 Å². The molecule has 0 aliphatic heterocycles. The summed E-state index contributed by atoms with van der Waals surface area (Å²) in [7, 11) is 1.56. The van der Waals surface area contributed by atoms with E-state index in [2.05, 4.69) is 21.1 Å². The van der Waals surface area contributed by atoms with Crippen molar-refractivity contribution in [3.63, 3.8) is 0 Å². The van der Waals surface area contributed by atoms with E-state index >= 15 is 0 Å². The largest absolute Gasteiger partial charge is 0.497 e. The second kappa shape index (κ2) is 4.81. The number of hydrogen-bond acceptors (Lipinski definition) is 4. The zero-order valence-electron chi connectivity index (χ0n) is 9.73. The smallest absolute Gasteiger partial charge is 0.358 e. The molecule has 0 saturated heterocycles. The Morgan fingerprint density at radius 2 is 2.17 bits per heavy atom. The summed E-state index contributed by atoms with van der Waals surface area (Å²) in [6, 6.07) is 4.98. The molecule has 18 heavy (non-hydrogen) atoms. The number of carboxylic acids is 1. The predicted molar refractivity (Wildman–Crippen MR) is 67.9 cm³/mol. The predicted octanol–water partition coefficient (Wildman–Crippen LogP) is 3.12. The molecule has 0 atom stereocenters. The number of aromatic carboxylic acids is 1. The Labute approximate surface area is 111 Å². The first-order chi connectivity index (χ1) is 8.52. The summed E-state index contributed by atoms with van der Waals surface area (Å²) in [5.41, 5.74) is 1.54. The van der Waals surface area contributed by atoms with Gasteiger partial charge in [-0.2, -0.15) is 0 Å². The highest BCUT2D eigenvalue weighted by molar-refractivity contribution is 9.10. The maximum atomic E-state index is 10.8. The maximum Gasteiger partial charge on any atom is 0.358 e. The lowest BCUT2D eigenvalue weighted by atomic mass is 10.1. The van der Waals surface area contributed by atoms with E-state index in [4.69, 9.17) is 14.4 Å². The van der Waals surface area contributed by atoms with Crippen LogP contribution >= 0.6 is 15.9 Å². The average Bonchev–Trinajstić information content (AvgIpc) is 2.82.